The highest BCUT2D eigenvalue weighted by Crippen LogP contribution is 2.79. The van der Waals surface area contributed by atoms with Crippen molar-refractivity contribution < 1.29 is 38.7 Å². The van der Waals surface area contributed by atoms with Gasteiger partial charge in [-0.05, 0) is 44.4 Å². The third-order valence-corrected chi connectivity index (χ3v) is 12.6. The second kappa shape index (κ2) is 10.5. The summed E-state index contributed by atoms with van der Waals surface area (Å²) in [6.45, 7) is 4.79. The van der Waals surface area contributed by atoms with Crippen molar-refractivity contribution in [1.82, 2.24) is 4.90 Å². The lowest BCUT2D eigenvalue weighted by molar-refractivity contribution is -0.337. The molecule has 7 bridgehead atoms. The molecule has 11 heteroatoms. The molecular formula is C32H45BrN2O8. The fraction of sp³-hybridized carbons (Fsp3) is 0.750. The predicted octanol–water partition coefficient (Wildman–Crippen LogP) is 2.80. The number of amides is 1. The normalized spacial score (nSPS) is 47.0. The van der Waals surface area contributed by atoms with Crippen LogP contribution in [0, 0.1) is 29.1 Å². The molecule has 7 rings (SSSR count). The van der Waals surface area contributed by atoms with E-state index in [0.29, 0.717) is 56.4 Å². The van der Waals surface area contributed by atoms with Crippen molar-refractivity contribution in [2.75, 3.05) is 39.7 Å². The number of rotatable bonds is 7. The highest BCUT2D eigenvalue weighted by molar-refractivity contribution is 8.93. The highest BCUT2D eigenvalue weighted by Gasteiger charge is 2.89. The molecule has 5 aliphatic carbocycles. The van der Waals surface area contributed by atoms with Crippen molar-refractivity contribution in [3.05, 3.63) is 29.8 Å². The van der Waals surface area contributed by atoms with Crippen LogP contribution in [0.1, 0.15) is 56.3 Å². The Hall–Kier alpha value is -1.60. The molecule has 0 radical (unpaired) electrons. The Morgan fingerprint density at radius 2 is 1.81 bits per heavy atom. The number of nitrogens with zero attached hydrogens (tertiary/aromatic N) is 1. The number of aliphatic hydroxyl groups is 2. The number of nitrogens with one attached hydrogen (secondary N) is 1. The molecule has 1 aliphatic heterocycles. The summed E-state index contributed by atoms with van der Waals surface area (Å²) in [7, 11) is 5.05. The maximum atomic E-state index is 14.0. The summed E-state index contributed by atoms with van der Waals surface area (Å²) in [5.74, 6) is -1.54. The number of ether oxygens (including phenoxy) is 4. The lowest BCUT2D eigenvalue weighted by Gasteiger charge is -2.70. The largest absolute Gasteiger partial charge is 0.454 e. The molecule has 5 saturated carbocycles. The minimum Gasteiger partial charge on any atom is -0.454 e. The van der Waals surface area contributed by atoms with Gasteiger partial charge in [0.1, 0.15) is 16.8 Å². The van der Waals surface area contributed by atoms with Crippen LogP contribution in [0.5, 0.6) is 0 Å². The van der Waals surface area contributed by atoms with E-state index in [1.54, 1.807) is 45.6 Å². The first-order valence-electron chi connectivity index (χ1n) is 15.4. The predicted molar refractivity (Wildman–Crippen MR) is 162 cm³/mol. The topological polar surface area (TPSA) is 127 Å². The number of esters is 1. The number of benzene rings is 1. The fourth-order valence-electron chi connectivity index (χ4n) is 11.6. The van der Waals surface area contributed by atoms with E-state index in [0.717, 1.165) is 0 Å². The standard InChI is InChI=1S/C32H44N2O8.BrH/c1-6-34-16-29(42-28(36)18-9-7-8-10-21(18)33-17(2)35)12-11-25(40-4)31-23(29)14-20(26(31)34)30(37)15-22(39-3)19-13-24(31)32(30,38)27(19)41-5;/h7-10,19-20,22-27,37-38H,6,11-16H2,1-5H3,(H,33,35);1H/t19-,20+,22+,23?,24?,25+,26?,27+,29-,30+,31+,32+;/m1./s1. The van der Waals surface area contributed by atoms with Crippen LogP contribution in [0.3, 0.4) is 0 Å². The zero-order chi connectivity index (χ0) is 29.8. The van der Waals surface area contributed by atoms with Gasteiger partial charge in [-0.15, -0.1) is 17.0 Å². The summed E-state index contributed by atoms with van der Waals surface area (Å²) in [5.41, 5.74) is -3.57. The van der Waals surface area contributed by atoms with Gasteiger partial charge in [-0.1, -0.05) is 19.1 Å². The van der Waals surface area contributed by atoms with E-state index in [9.17, 15) is 19.8 Å². The minimum absolute atomic E-state index is 0. The van der Waals surface area contributed by atoms with Gasteiger partial charge in [0.15, 0.2) is 0 Å². The van der Waals surface area contributed by atoms with Crippen molar-refractivity contribution >= 4 is 34.5 Å². The van der Waals surface area contributed by atoms with Crippen molar-refractivity contribution in [2.24, 2.45) is 29.1 Å². The Bertz CT molecular complexity index is 1300. The van der Waals surface area contributed by atoms with Gasteiger partial charge in [0.2, 0.25) is 5.91 Å². The number of hydrogen-bond donors (Lipinski definition) is 3. The number of likely N-dealkylation sites (tertiary alicyclic amines) is 1. The third kappa shape index (κ3) is 3.67. The molecule has 1 aromatic carbocycles. The summed E-state index contributed by atoms with van der Waals surface area (Å²) in [6.07, 6.45) is 1.91. The van der Waals surface area contributed by atoms with E-state index < -0.39 is 34.3 Å². The second-order valence-corrected chi connectivity index (χ2v) is 13.7. The summed E-state index contributed by atoms with van der Waals surface area (Å²) >= 11 is 0. The van der Waals surface area contributed by atoms with Crippen LogP contribution in [0.25, 0.3) is 0 Å². The number of likely N-dealkylation sites (N-methyl/N-ethyl adjacent to an activating group) is 1. The summed E-state index contributed by atoms with van der Waals surface area (Å²) in [6, 6.07) is 6.89. The zero-order valence-electron chi connectivity index (χ0n) is 25.6. The quantitative estimate of drug-likeness (QED) is 0.377. The third-order valence-electron chi connectivity index (χ3n) is 12.6. The molecule has 1 amide bonds. The van der Waals surface area contributed by atoms with E-state index in [1.165, 1.54) is 6.92 Å². The number of anilines is 1. The van der Waals surface area contributed by atoms with Crippen LogP contribution in [-0.4, -0.2) is 103 Å². The van der Waals surface area contributed by atoms with E-state index in [4.69, 9.17) is 18.9 Å². The molecule has 12 atom stereocenters. The average Bonchev–Trinajstić information content (AvgIpc) is 3.39. The lowest BCUT2D eigenvalue weighted by atomic mass is 9.44. The van der Waals surface area contributed by atoms with Gasteiger partial charge in [0, 0.05) is 76.3 Å². The minimum atomic E-state index is -1.48. The van der Waals surface area contributed by atoms with Crippen molar-refractivity contribution in [2.45, 2.75) is 87.1 Å². The molecule has 1 saturated heterocycles. The molecule has 1 aromatic rings. The molecule has 3 unspecified atom stereocenters. The van der Waals surface area contributed by atoms with Crippen LogP contribution < -0.4 is 5.32 Å². The molecule has 3 N–H and O–H groups in total. The number of halogens is 1. The number of carbonyl (C=O) groups excluding carboxylic acids is 2. The van der Waals surface area contributed by atoms with Crippen LogP contribution in [-0.2, 0) is 23.7 Å². The van der Waals surface area contributed by atoms with Gasteiger partial charge in [-0.2, -0.15) is 0 Å². The molecule has 238 valence electrons. The maximum Gasteiger partial charge on any atom is 0.340 e. The van der Waals surface area contributed by atoms with E-state index in [1.807, 2.05) is 0 Å². The Labute approximate surface area is 263 Å². The van der Waals surface area contributed by atoms with E-state index in [2.05, 4.69) is 17.1 Å². The first kappa shape index (κ1) is 31.4. The molecule has 43 heavy (non-hydrogen) atoms. The van der Waals surface area contributed by atoms with Gasteiger partial charge in [0.05, 0.1) is 29.6 Å². The molecule has 6 fully saturated rings. The van der Waals surface area contributed by atoms with Crippen molar-refractivity contribution in [3.8, 4) is 0 Å². The van der Waals surface area contributed by atoms with E-state index in [-0.39, 0.29) is 64.8 Å². The van der Waals surface area contributed by atoms with Crippen LogP contribution in [0.15, 0.2) is 24.3 Å². The SMILES string of the molecule is Br.CCN1C[C@]2(OC(=O)c3ccccc3NC(C)=O)CC[C@H](OC)[C@]34C1[C@H](CC23)[C@@]1(O)C[C@H](OC)[C@H]2CC4[C@]1(O)[C@H]2OC. The van der Waals surface area contributed by atoms with Gasteiger partial charge >= 0.3 is 5.97 Å². The Balaban J connectivity index is 0.00000329. The van der Waals surface area contributed by atoms with Gasteiger partial charge in [0.25, 0.3) is 0 Å². The number of piperidine rings is 1. The average molecular weight is 666 g/mol. The zero-order valence-corrected chi connectivity index (χ0v) is 27.3. The van der Waals surface area contributed by atoms with Gasteiger partial charge in [-0.3, -0.25) is 9.69 Å². The van der Waals surface area contributed by atoms with Crippen LogP contribution in [0.4, 0.5) is 5.69 Å². The smallest absolute Gasteiger partial charge is 0.340 e. The molecule has 1 heterocycles. The van der Waals surface area contributed by atoms with Crippen molar-refractivity contribution in [3.63, 3.8) is 0 Å². The van der Waals surface area contributed by atoms with Crippen LogP contribution >= 0.6 is 17.0 Å². The number of hydrogen-bond acceptors (Lipinski definition) is 9. The highest BCUT2D eigenvalue weighted by atomic mass is 79.9. The Kier molecular flexibility index (Phi) is 7.64. The van der Waals surface area contributed by atoms with Crippen molar-refractivity contribution in [1.29, 1.82) is 0 Å². The number of methoxy groups -OCH3 is 3. The fourth-order valence-corrected chi connectivity index (χ4v) is 11.6. The Morgan fingerprint density at radius 1 is 1.07 bits per heavy atom. The number of para-hydroxylation sites is 1. The van der Waals surface area contributed by atoms with Gasteiger partial charge < -0.3 is 34.5 Å². The van der Waals surface area contributed by atoms with E-state index >= 15 is 0 Å². The first-order valence-corrected chi connectivity index (χ1v) is 15.4. The number of fused-ring (bicyclic) bond motifs is 2. The molecule has 0 aromatic heterocycles. The first-order chi connectivity index (χ1) is 20.1. The number of carbonyl (C=O) groups is 2. The maximum absolute atomic E-state index is 14.0. The molecule has 10 nitrogen and oxygen atoms in total. The molecule has 1 spiro atoms. The Morgan fingerprint density at radius 3 is 2.47 bits per heavy atom. The summed E-state index contributed by atoms with van der Waals surface area (Å²) < 4.78 is 25.1. The monoisotopic (exact) mass is 664 g/mol. The summed E-state index contributed by atoms with van der Waals surface area (Å²) in [5, 5.41) is 28.4. The second-order valence-electron chi connectivity index (χ2n) is 13.7. The van der Waals surface area contributed by atoms with Gasteiger partial charge in [-0.25, -0.2) is 4.79 Å². The van der Waals surface area contributed by atoms with Crippen LogP contribution in [0.2, 0.25) is 0 Å². The summed E-state index contributed by atoms with van der Waals surface area (Å²) in [4.78, 5) is 28.3. The molecule has 6 aliphatic rings. The molecular weight excluding hydrogens is 620 g/mol. The lowest BCUT2D eigenvalue weighted by Crippen LogP contribution is -2.83.